The van der Waals surface area contributed by atoms with Crippen molar-refractivity contribution in [3.05, 3.63) is 107 Å². The van der Waals surface area contributed by atoms with Gasteiger partial charge < -0.3 is 10.1 Å². The van der Waals surface area contributed by atoms with E-state index < -0.39 is 0 Å². The Labute approximate surface area is 191 Å². The van der Waals surface area contributed by atoms with Crippen molar-refractivity contribution in [1.82, 2.24) is 14.8 Å². The highest BCUT2D eigenvalue weighted by atomic mass is 35.5. The number of halogens is 1. The minimum Gasteiger partial charge on any atom is -0.489 e. The van der Waals surface area contributed by atoms with Gasteiger partial charge in [0.1, 0.15) is 12.4 Å². The van der Waals surface area contributed by atoms with Crippen molar-refractivity contribution in [1.29, 1.82) is 0 Å². The van der Waals surface area contributed by atoms with Crippen LogP contribution in [0.15, 0.2) is 79.1 Å². The summed E-state index contributed by atoms with van der Waals surface area (Å²) in [4.78, 5) is 16.3. The zero-order valence-electron chi connectivity index (χ0n) is 17.7. The molecule has 4 rings (SSSR count). The van der Waals surface area contributed by atoms with Crippen LogP contribution < -0.4 is 10.1 Å². The molecule has 7 heteroatoms. The van der Waals surface area contributed by atoms with E-state index in [0.29, 0.717) is 24.0 Å². The predicted octanol–water partition coefficient (Wildman–Crippen LogP) is 5.05. The number of nitrogens with one attached hydrogen (secondary N) is 1. The third kappa shape index (κ3) is 5.74. The molecule has 2 aromatic heterocycles. The number of rotatable bonds is 8. The summed E-state index contributed by atoms with van der Waals surface area (Å²) in [5.41, 5.74) is 3.81. The Morgan fingerprint density at radius 2 is 1.81 bits per heavy atom. The van der Waals surface area contributed by atoms with E-state index in [2.05, 4.69) is 15.4 Å². The number of hydrogen-bond donors (Lipinski definition) is 1. The number of carbonyl (C=O) groups is 1. The number of carbonyl (C=O) groups excluding carboxylic acids is 1. The van der Waals surface area contributed by atoms with Crippen molar-refractivity contribution >= 4 is 23.3 Å². The largest absolute Gasteiger partial charge is 0.489 e. The number of aromatic nitrogens is 3. The van der Waals surface area contributed by atoms with Crippen molar-refractivity contribution in [3.63, 3.8) is 0 Å². The lowest BCUT2D eigenvalue weighted by atomic mass is 10.2. The molecule has 0 bridgehead atoms. The summed E-state index contributed by atoms with van der Waals surface area (Å²) in [5.74, 6) is 1.13. The van der Waals surface area contributed by atoms with Gasteiger partial charge >= 0.3 is 0 Å². The van der Waals surface area contributed by atoms with E-state index in [1.807, 2.05) is 78.3 Å². The molecule has 2 heterocycles. The zero-order valence-corrected chi connectivity index (χ0v) is 18.4. The summed E-state index contributed by atoms with van der Waals surface area (Å²) >= 11 is 6.24. The molecule has 1 amide bonds. The highest BCUT2D eigenvalue weighted by Gasteiger charge is 2.12. The Hall–Kier alpha value is -3.64. The van der Waals surface area contributed by atoms with Crippen LogP contribution in [0.3, 0.4) is 0 Å². The number of benzene rings is 2. The second-order valence-corrected chi connectivity index (χ2v) is 7.87. The summed E-state index contributed by atoms with van der Waals surface area (Å²) in [6.07, 6.45) is 3.61. The van der Waals surface area contributed by atoms with Gasteiger partial charge in [-0.1, -0.05) is 41.9 Å². The molecule has 162 valence electrons. The smallest absolute Gasteiger partial charge is 0.229 e. The maximum Gasteiger partial charge on any atom is 0.229 e. The molecule has 0 radical (unpaired) electrons. The molecule has 0 unspecified atom stereocenters. The molecule has 0 atom stereocenters. The molecular formula is C25H23ClN4O2. The number of anilines is 1. The second kappa shape index (κ2) is 10.1. The number of nitrogens with zero attached hydrogens (tertiary/aromatic N) is 3. The maximum absolute atomic E-state index is 12.4. The minimum absolute atomic E-state index is 0.129. The topological polar surface area (TPSA) is 69.0 Å². The van der Waals surface area contributed by atoms with Gasteiger partial charge in [-0.05, 0) is 48.4 Å². The molecule has 0 fully saturated rings. The van der Waals surface area contributed by atoms with Crippen molar-refractivity contribution in [2.24, 2.45) is 0 Å². The lowest BCUT2D eigenvalue weighted by molar-refractivity contribution is -0.115. The highest BCUT2D eigenvalue weighted by Crippen LogP contribution is 2.25. The predicted molar refractivity (Wildman–Crippen MR) is 125 cm³/mol. The first-order valence-corrected chi connectivity index (χ1v) is 10.6. The standard InChI is InChI=1S/C25H23ClN4O2/c1-18-13-24(28-25(31)14-19-9-11-27-12-10-19)29-30(18)16-21-15-22(26)7-8-23(21)32-17-20-5-3-2-4-6-20/h2-13,15H,14,16-17H2,1H3,(H,28,29,31). The minimum atomic E-state index is -0.129. The van der Waals surface area contributed by atoms with Crippen LogP contribution in [-0.2, 0) is 24.4 Å². The average Bonchev–Trinajstić information content (AvgIpc) is 3.13. The number of pyridine rings is 1. The monoisotopic (exact) mass is 446 g/mol. The van der Waals surface area contributed by atoms with Crippen LogP contribution in [-0.4, -0.2) is 20.7 Å². The van der Waals surface area contributed by atoms with Crippen LogP contribution in [0.4, 0.5) is 5.82 Å². The third-order valence-electron chi connectivity index (χ3n) is 4.94. The Balaban J connectivity index is 1.45. The molecule has 0 saturated carbocycles. The van der Waals surface area contributed by atoms with Crippen molar-refractivity contribution in [2.75, 3.05) is 5.32 Å². The second-order valence-electron chi connectivity index (χ2n) is 7.44. The summed E-state index contributed by atoms with van der Waals surface area (Å²) in [6.45, 7) is 2.88. The molecule has 0 saturated heterocycles. The average molecular weight is 447 g/mol. The van der Waals surface area contributed by atoms with Gasteiger partial charge in [0.15, 0.2) is 5.82 Å². The van der Waals surface area contributed by atoms with Gasteiger partial charge in [0, 0.05) is 34.7 Å². The first kappa shape index (κ1) is 21.6. The molecule has 2 aromatic carbocycles. The number of hydrogen-bond acceptors (Lipinski definition) is 4. The number of ether oxygens (including phenoxy) is 1. The van der Waals surface area contributed by atoms with E-state index in [-0.39, 0.29) is 12.3 Å². The van der Waals surface area contributed by atoms with Crippen LogP contribution in [0.5, 0.6) is 5.75 Å². The van der Waals surface area contributed by atoms with Crippen LogP contribution in [0.1, 0.15) is 22.4 Å². The van der Waals surface area contributed by atoms with Gasteiger partial charge in [-0.25, -0.2) is 0 Å². The van der Waals surface area contributed by atoms with Crippen molar-refractivity contribution < 1.29 is 9.53 Å². The van der Waals surface area contributed by atoms with E-state index in [1.54, 1.807) is 12.4 Å². The molecule has 4 aromatic rings. The Morgan fingerprint density at radius 3 is 2.59 bits per heavy atom. The highest BCUT2D eigenvalue weighted by molar-refractivity contribution is 6.30. The van der Waals surface area contributed by atoms with Crippen LogP contribution >= 0.6 is 11.6 Å². The lowest BCUT2D eigenvalue weighted by Crippen LogP contribution is -2.15. The summed E-state index contributed by atoms with van der Waals surface area (Å²) in [6, 6.07) is 21.0. The zero-order chi connectivity index (χ0) is 22.3. The van der Waals surface area contributed by atoms with Crippen LogP contribution in [0.2, 0.25) is 5.02 Å². The lowest BCUT2D eigenvalue weighted by Gasteiger charge is -2.13. The summed E-state index contributed by atoms with van der Waals surface area (Å²) < 4.78 is 7.88. The van der Waals surface area contributed by atoms with E-state index in [0.717, 1.165) is 28.1 Å². The van der Waals surface area contributed by atoms with Gasteiger partial charge in [0.2, 0.25) is 5.91 Å². The fraction of sp³-hybridized carbons (Fsp3) is 0.160. The Kier molecular flexibility index (Phi) is 6.82. The molecule has 32 heavy (non-hydrogen) atoms. The third-order valence-corrected chi connectivity index (χ3v) is 5.18. The SMILES string of the molecule is Cc1cc(NC(=O)Cc2ccncc2)nn1Cc1cc(Cl)ccc1OCc1ccccc1. The maximum atomic E-state index is 12.4. The quantitative estimate of drug-likeness (QED) is 0.411. The molecule has 0 aliphatic heterocycles. The van der Waals surface area contributed by atoms with E-state index in [9.17, 15) is 4.79 Å². The van der Waals surface area contributed by atoms with Crippen LogP contribution in [0.25, 0.3) is 0 Å². The van der Waals surface area contributed by atoms with Gasteiger partial charge in [-0.2, -0.15) is 5.10 Å². The van der Waals surface area contributed by atoms with Gasteiger partial charge in [-0.3, -0.25) is 14.5 Å². The van der Waals surface area contributed by atoms with E-state index in [1.165, 1.54) is 0 Å². The number of aryl methyl sites for hydroxylation is 1. The van der Waals surface area contributed by atoms with E-state index >= 15 is 0 Å². The number of amides is 1. The van der Waals surface area contributed by atoms with Gasteiger partial charge in [0.25, 0.3) is 0 Å². The van der Waals surface area contributed by atoms with Gasteiger partial charge in [-0.15, -0.1) is 0 Å². The molecule has 0 aliphatic carbocycles. The first-order valence-electron chi connectivity index (χ1n) is 10.3. The first-order chi connectivity index (χ1) is 15.6. The van der Waals surface area contributed by atoms with Crippen molar-refractivity contribution in [2.45, 2.75) is 26.5 Å². The molecular weight excluding hydrogens is 424 g/mol. The summed E-state index contributed by atoms with van der Waals surface area (Å²) in [5, 5.41) is 8.04. The Morgan fingerprint density at radius 1 is 1.03 bits per heavy atom. The molecule has 0 spiro atoms. The van der Waals surface area contributed by atoms with E-state index in [4.69, 9.17) is 16.3 Å². The normalized spacial score (nSPS) is 10.7. The van der Waals surface area contributed by atoms with Crippen molar-refractivity contribution in [3.8, 4) is 5.75 Å². The van der Waals surface area contributed by atoms with Gasteiger partial charge in [0.05, 0.1) is 13.0 Å². The fourth-order valence-electron chi connectivity index (χ4n) is 3.31. The Bertz CT molecular complexity index is 1190. The molecule has 6 nitrogen and oxygen atoms in total. The molecule has 1 N–H and O–H groups in total. The molecule has 0 aliphatic rings. The van der Waals surface area contributed by atoms with Crippen LogP contribution in [0, 0.1) is 6.92 Å². The summed E-state index contributed by atoms with van der Waals surface area (Å²) in [7, 11) is 0. The fourth-order valence-corrected chi connectivity index (χ4v) is 3.51.